The minimum absolute atomic E-state index is 0.161. The van der Waals surface area contributed by atoms with Crippen LogP contribution in [0.15, 0.2) is 24.3 Å². The molecule has 1 aromatic rings. The molecule has 1 aliphatic heterocycles. The van der Waals surface area contributed by atoms with Gasteiger partial charge in [-0.2, -0.15) is 0 Å². The molecule has 0 radical (unpaired) electrons. The molecule has 0 spiro atoms. The molecule has 16 heavy (non-hydrogen) atoms. The molecule has 0 bridgehead atoms. The van der Waals surface area contributed by atoms with Gasteiger partial charge < -0.3 is 10.6 Å². The molecule has 1 aliphatic rings. The van der Waals surface area contributed by atoms with Crippen LogP contribution < -0.4 is 10.6 Å². The predicted octanol–water partition coefficient (Wildman–Crippen LogP) is 2.39. The van der Waals surface area contributed by atoms with E-state index in [1.807, 2.05) is 6.07 Å². The molecule has 0 aliphatic carbocycles. The third kappa shape index (κ3) is 2.73. The van der Waals surface area contributed by atoms with E-state index in [1.54, 1.807) is 12.1 Å². The van der Waals surface area contributed by atoms with E-state index in [0.29, 0.717) is 5.92 Å². The van der Waals surface area contributed by atoms with Crippen LogP contribution in [0.25, 0.3) is 0 Å². The van der Waals surface area contributed by atoms with Gasteiger partial charge in [0, 0.05) is 18.8 Å². The van der Waals surface area contributed by atoms with Crippen LogP contribution in [0.2, 0.25) is 0 Å². The van der Waals surface area contributed by atoms with E-state index in [2.05, 4.69) is 4.90 Å². The number of nitrogens with zero attached hydrogens (tertiary/aromatic N) is 1. The summed E-state index contributed by atoms with van der Waals surface area (Å²) in [6.45, 7) is 2.70. The highest BCUT2D eigenvalue weighted by Crippen LogP contribution is 2.22. The minimum Gasteiger partial charge on any atom is -0.371 e. The summed E-state index contributed by atoms with van der Waals surface area (Å²) in [5.74, 6) is 0.386. The summed E-state index contributed by atoms with van der Waals surface area (Å²) >= 11 is 0. The summed E-state index contributed by atoms with van der Waals surface area (Å²) in [5, 5.41) is 0. The van der Waals surface area contributed by atoms with Gasteiger partial charge in [-0.3, -0.25) is 0 Å². The molecule has 2 N–H and O–H groups in total. The van der Waals surface area contributed by atoms with E-state index >= 15 is 0 Å². The van der Waals surface area contributed by atoms with E-state index in [0.717, 1.165) is 25.3 Å². The van der Waals surface area contributed by atoms with Crippen molar-refractivity contribution >= 4 is 5.69 Å². The van der Waals surface area contributed by atoms with Crippen molar-refractivity contribution in [1.29, 1.82) is 0 Å². The van der Waals surface area contributed by atoms with E-state index in [-0.39, 0.29) is 5.82 Å². The Balaban J connectivity index is 2.12. The normalized spacial score (nSPS) is 21.9. The number of hydrogen-bond acceptors (Lipinski definition) is 2. The molecule has 1 saturated heterocycles. The lowest BCUT2D eigenvalue weighted by Crippen LogP contribution is -2.31. The monoisotopic (exact) mass is 222 g/mol. The van der Waals surface area contributed by atoms with Gasteiger partial charge in [0.15, 0.2) is 0 Å². The van der Waals surface area contributed by atoms with Crippen LogP contribution in [-0.4, -0.2) is 19.6 Å². The molecule has 1 unspecified atom stereocenters. The molecule has 0 amide bonds. The lowest BCUT2D eigenvalue weighted by Gasteiger charge is -2.25. The molecule has 0 aromatic heterocycles. The number of hydrogen-bond donors (Lipinski definition) is 1. The van der Waals surface area contributed by atoms with Gasteiger partial charge in [0.05, 0.1) is 0 Å². The quantitative estimate of drug-likeness (QED) is 0.832. The SMILES string of the molecule is NCC1CCCCN(c2cccc(F)c2)C1. The van der Waals surface area contributed by atoms with Crippen LogP contribution in [0.4, 0.5) is 10.1 Å². The Kier molecular flexibility index (Phi) is 3.78. The molecule has 2 nitrogen and oxygen atoms in total. The zero-order valence-electron chi connectivity index (χ0n) is 9.53. The van der Waals surface area contributed by atoms with Crippen LogP contribution in [-0.2, 0) is 0 Å². The fourth-order valence-corrected chi connectivity index (χ4v) is 2.33. The highest BCUT2D eigenvalue weighted by molar-refractivity contribution is 5.46. The Morgan fingerprint density at radius 3 is 3.00 bits per heavy atom. The molecule has 3 heteroatoms. The lowest BCUT2D eigenvalue weighted by atomic mass is 10.0. The van der Waals surface area contributed by atoms with Crippen molar-refractivity contribution in [1.82, 2.24) is 0 Å². The van der Waals surface area contributed by atoms with Crippen molar-refractivity contribution in [3.8, 4) is 0 Å². The van der Waals surface area contributed by atoms with Gasteiger partial charge in [0.25, 0.3) is 0 Å². The molecule has 1 aromatic carbocycles. The van der Waals surface area contributed by atoms with Gasteiger partial charge in [0.1, 0.15) is 5.82 Å². The average Bonchev–Trinajstić information content (AvgIpc) is 2.54. The second kappa shape index (κ2) is 5.30. The number of anilines is 1. The summed E-state index contributed by atoms with van der Waals surface area (Å²) in [4.78, 5) is 2.26. The van der Waals surface area contributed by atoms with E-state index in [4.69, 9.17) is 5.73 Å². The summed E-state index contributed by atoms with van der Waals surface area (Å²) in [6.07, 6.45) is 3.60. The van der Waals surface area contributed by atoms with Crippen LogP contribution in [0.5, 0.6) is 0 Å². The molecule has 2 rings (SSSR count). The topological polar surface area (TPSA) is 29.3 Å². The van der Waals surface area contributed by atoms with Gasteiger partial charge in [-0.05, 0) is 43.5 Å². The highest BCUT2D eigenvalue weighted by Gasteiger charge is 2.17. The fraction of sp³-hybridized carbons (Fsp3) is 0.538. The van der Waals surface area contributed by atoms with E-state index in [9.17, 15) is 4.39 Å². The Hall–Kier alpha value is -1.09. The van der Waals surface area contributed by atoms with Crippen LogP contribution in [0.1, 0.15) is 19.3 Å². The number of nitrogens with two attached hydrogens (primary N) is 1. The first-order chi connectivity index (χ1) is 7.79. The number of rotatable bonds is 2. The number of halogens is 1. The van der Waals surface area contributed by atoms with Crippen molar-refractivity contribution in [3.63, 3.8) is 0 Å². The maximum atomic E-state index is 13.2. The summed E-state index contributed by atoms with van der Waals surface area (Å²) in [6, 6.07) is 6.84. The average molecular weight is 222 g/mol. The third-order valence-electron chi connectivity index (χ3n) is 3.28. The maximum Gasteiger partial charge on any atom is 0.125 e. The minimum atomic E-state index is -0.161. The first-order valence-electron chi connectivity index (χ1n) is 6.00. The van der Waals surface area contributed by atoms with E-state index < -0.39 is 0 Å². The lowest BCUT2D eigenvalue weighted by molar-refractivity contribution is 0.508. The van der Waals surface area contributed by atoms with Crippen molar-refractivity contribution in [3.05, 3.63) is 30.1 Å². The Labute approximate surface area is 96.2 Å². The summed E-state index contributed by atoms with van der Waals surface area (Å²) in [7, 11) is 0. The zero-order valence-corrected chi connectivity index (χ0v) is 9.53. The van der Waals surface area contributed by atoms with Crippen LogP contribution in [0, 0.1) is 11.7 Å². The van der Waals surface area contributed by atoms with Crippen molar-refractivity contribution in [2.24, 2.45) is 11.7 Å². The first kappa shape index (κ1) is 11.4. The van der Waals surface area contributed by atoms with Gasteiger partial charge in [0.2, 0.25) is 0 Å². The van der Waals surface area contributed by atoms with Crippen LogP contribution >= 0.6 is 0 Å². The molecule has 1 heterocycles. The fourth-order valence-electron chi connectivity index (χ4n) is 2.33. The van der Waals surface area contributed by atoms with Gasteiger partial charge >= 0.3 is 0 Å². The van der Waals surface area contributed by atoms with E-state index in [1.165, 1.54) is 25.3 Å². The maximum absolute atomic E-state index is 13.2. The smallest absolute Gasteiger partial charge is 0.125 e. The van der Waals surface area contributed by atoms with Crippen LogP contribution in [0.3, 0.4) is 0 Å². The van der Waals surface area contributed by atoms with Crippen molar-refractivity contribution in [2.45, 2.75) is 19.3 Å². The van der Waals surface area contributed by atoms with Gasteiger partial charge in [-0.15, -0.1) is 0 Å². The highest BCUT2D eigenvalue weighted by atomic mass is 19.1. The largest absolute Gasteiger partial charge is 0.371 e. The summed E-state index contributed by atoms with van der Waals surface area (Å²) < 4.78 is 13.2. The molecular weight excluding hydrogens is 203 g/mol. The third-order valence-corrected chi connectivity index (χ3v) is 3.28. The van der Waals surface area contributed by atoms with Crippen molar-refractivity contribution < 1.29 is 4.39 Å². The van der Waals surface area contributed by atoms with Gasteiger partial charge in [-0.25, -0.2) is 4.39 Å². The number of benzene rings is 1. The molecule has 88 valence electrons. The van der Waals surface area contributed by atoms with Crippen molar-refractivity contribution in [2.75, 3.05) is 24.5 Å². The molecule has 0 saturated carbocycles. The second-order valence-electron chi connectivity index (χ2n) is 4.52. The summed E-state index contributed by atoms with van der Waals surface area (Å²) in [5.41, 5.74) is 6.73. The zero-order chi connectivity index (χ0) is 11.4. The Morgan fingerprint density at radius 1 is 1.38 bits per heavy atom. The Morgan fingerprint density at radius 2 is 2.25 bits per heavy atom. The molecule has 1 atom stereocenters. The second-order valence-corrected chi connectivity index (χ2v) is 4.52. The molecule has 1 fully saturated rings. The van der Waals surface area contributed by atoms with Gasteiger partial charge in [-0.1, -0.05) is 12.5 Å². The molecular formula is C13H19FN2. The predicted molar refractivity (Wildman–Crippen MR) is 65.0 cm³/mol. The Bertz CT molecular complexity index is 340. The standard InChI is InChI=1S/C13H19FN2/c14-12-5-3-6-13(8-12)16-7-2-1-4-11(9-15)10-16/h3,5-6,8,11H,1-2,4,7,9-10,15H2. The first-order valence-corrected chi connectivity index (χ1v) is 6.00.